The van der Waals surface area contributed by atoms with Gasteiger partial charge in [-0.05, 0) is 31.2 Å². The van der Waals surface area contributed by atoms with E-state index in [9.17, 15) is 23.5 Å². The molecule has 0 aliphatic carbocycles. The van der Waals surface area contributed by atoms with E-state index in [-0.39, 0.29) is 31.1 Å². The van der Waals surface area contributed by atoms with E-state index in [0.29, 0.717) is 0 Å². The van der Waals surface area contributed by atoms with Crippen LogP contribution in [0.3, 0.4) is 0 Å². The van der Waals surface area contributed by atoms with Crippen molar-refractivity contribution in [2.45, 2.75) is 71.1 Å². The molecular weight excluding hydrogens is 380 g/mol. The van der Waals surface area contributed by atoms with Gasteiger partial charge in [0.05, 0.1) is 13.0 Å². The molecule has 0 aliphatic rings. The smallest absolute Gasteiger partial charge is 0.291 e. The number of amides is 2. The maximum absolute atomic E-state index is 14.2. The van der Waals surface area contributed by atoms with Gasteiger partial charge in [-0.1, -0.05) is 50.6 Å². The fraction of sp³-hybridized carbons (Fsp3) is 0.619. The van der Waals surface area contributed by atoms with Gasteiger partial charge in [0, 0.05) is 6.04 Å². The summed E-state index contributed by atoms with van der Waals surface area (Å²) in [4.78, 5) is 24.5. The molecule has 0 bridgehead atoms. The molecule has 2 amide bonds. The summed E-state index contributed by atoms with van der Waals surface area (Å²) in [5.74, 6) is -4.62. The fourth-order valence-corrected chi connectivity index (χ4v) is 3.03. The normalized spacial score (nSPS) is 14.9. The number of nitrogens with one attached hydrogen (secondary N) is 2. The van der Waals surface area contributed by atoms with Gasteiger partial charge in [0.1, 0.15) is 12.1 Å². The number of carbonyl (C=O) groups excluding carboxylic acids is 2. The van der Waals surface area contributed by atoms with E-state index in [2.05, 4.69) is 10.6 Å². The van der Waals surface area contributed by atoms with Gasteiger partial charge in [-0.3, -0.25) is 9.59 Å². The maximum Gasteiger partial charge on any atom is 0.291 e. The number of benzene rings is 1. The molecule has 0 radical (unpaired) electrons. The van der Waals surface area contributed by atoms with E-state index >= 15 is 0 Å². The van der Waals surface area contributed by atoms with Crippen LogP contribution >= 0.6 is 0 Å². The average molecular weight is 414 g/mol. The first-order chi connectivity index (χ1) is 13.5. The van der Waals surface area contributed by atoms with E-state index in [1.54, 1.807) is 13.0 Å². The van der Waals surface area contributed by atoms with E-state index < -0.39 is 36.6 Å². The first-order valence-electron chi connectivity index (χ1n) is 9.90. The van der Waals surface area contributed by atoms with Crippen LogP contribution < -0.4 is 16.4 Å². The second-order valence-corrected chi connectivity index (χ2v) is 7.91. The number of nitrogens with two attached hydrogens (primary N) is 1. The topological polar surface area (TPSA) is 104 Å². The molecule has 0 fully saturated rings. The van der Waals surface area contributed by atoms with Gasteiger partial charge >= 0.3 is 0 Å². The lowest BCUT2D eigenvalue weighted by Crippen LogP contribution is -2.55. The summed E-state index contributed by atoms with van der Waals surface area (Å²) in [5.41, 5.74) is 7.46. The molecule has 0 aliphatic heterocycles. The number of halogens is 2. The number of alkyl halides is 2. The number of rotatable bonds is 11. The van der Waals surface area contributed by atoms with Crippen molar-refractivity contribution in [2.75, 3.05) is 6.54 Å². The Hall–Kier alpha value is -2.06. The maximum atomic E-state index is 14.2. The number of carbonyl (C=O) groups is 2. The van der Waals surface area contributed by atoms with E-state index in [0.717, 1.165) is 11.1 Å². The molecule has 0 heterocycles. The summed E-state index contributed by atoms with van der Waals surface area (Å²) >= 11 is 0. The van der Waals surface area contributed by atoms with Crippen molar-refractivity contribution >= 4 is 11.8 Å². The minimum atomic E-state index is -3.58. The highest BCUT2D eigenvalue weighted by molar-refractivity contribution is 5.88. The van der Waals surface area contributed by atoms with Gasteiger partial charge in [0.15, 0.2) is 0 Å². The molecule has 5 N–H and O–H groups in total. The third kappa shape index (κ3) is 8.45. The zero-order valence-corrected chi connectivity index (χ0v) is 17.5. The second-order valence-electron chi connectivity index (χ2n) is 7.91. The lowest BCUT2D eigenvalue weighted by Gasteiger charge is -2.29. The highest BCUT2D eigenvalue weighted by Crippen LogP contribution is 2.22. The zero-order valence-electron chi connectivity index (χ0n) is 17.5. The number of hydrogen-bond donors (Lipinski definition) is 4. The Labute approximate surface area is 171 Å². The third-order valence-electron chi connectivity index (χ3n) is 4.59. The van der Waals surface area contributed by atoms with Crippen molar-refractivity contribution in [3.05, 3.63) is 35.4 Å². The lowest BCUT2D eigenvalue weighted by atomic mass is 9.96. The Bertz CT molecular complexity index is 683. The van der Waals surface area contributed by atoms with Gasteiger partial charge in [-0.15, -0.1) is 0 Å². The Balaban J connectivity index is 2.60. The molecule has 0 saturated carbocycles. The minimum Gasteiger partial charge on any atom is -0.385 e. The molecule has 164 valence electrons. The van der Waals surface area contributed by atoms with Crippen molar-refractivity contribution in [1.82, 2.24) is 10.6 Å². The van der Waals surface area contributed by atoms with Crippen LogP contribution in [0.2, 0.25) is 0 Å². The summed E-state index contributed by atoms with van der Waals surface area (Å²) in [6.07, 6.45) is -1.50. The molecule has 2 unspecified atom stereocenters. The first kappa shape index (κ1) is 25.0. The second kappa shape index (κ2) is 11.2. The molecule has 3 atom stereocenters. The summed E-state index contributed by atoms with van der Waals surface area (Å²) in [6, 6.07) is 5.37. The van der Waals surface area contributed by atoms with Crippen LogP contribution in [0.5, 0.6) is 0 Å². The SMILES string of the molecule is CC[C@@H](NC(=O)Cc1cccc(C)c1)C(=O)NCC(F)(F)C(O)C(N)CC(C)C. The Morgan fingerprint density at radius 3 is 2.48 bits per heavy atom. The number of hydrogen-bond acceptors (Lipinski definition) is 4. The molecule has 6 nitrogen and oxygen atoms in total. The van der Waals surface area contributed by atoms with Crippen molar-refractivity contribution < 1.29 is 23.5 Å². The largest absolute Gasteiger partial charge is 0.385 e. The molecular formula is C21H33F2N3O3. The zero-order chi connectivity index (χ0) is 22.2. The average Bonchev–Trinajstić information content (AvgIpc) is 2.63. The van der Waals surface area contributed by atoms with Gasteiger partial charge < -0.3 is 21.5 Å². The highest BCUT2D eigenvalue weighted by atomic mass is 19.3. The number of aliphatic hydroxyl groups is 1. The Kier molecular flexibility index (Phi) is 9.65. The first-order valence-corrected chi connectivity index (χ1v) is 9.90. The van der Waals surface area contributed by atoms with Crippen LogP contribution in [-0.4, -0.2) is 47.6 Å². The van der Waals surface area contributed by atoms with Crippen LogP contribution in [0.4, 0.5) is 8.78 Å². The van der Waals surface area contributed by atoms with Crippen LogP contribution in [-0.2, 0) is 16.0 Å². The van der Waals surface area contributed by atoms with Crippen LogP contribution in [0.15, 0.2) is 24.3 Å². The summed E-state index contributed by atoms with van der Waals surface area (Å²) in [6.45, 7) is 6.16. The predicted octanol–water partition coefficient (Wildman–Crippen LogP) is 1.92. The molecule has 1 aromatic rings. The standard InChI is InChI=1S/C21H33F2N3O3/c1-5-17(26-18(27)11-15-8-6-7-14(4)10-15)20(29)25-12-21(22,23)19(28)16(24)9-13(2)3/h6-8,10,13,16-17,19,28H,5,9,11-12,24H2,1-4H3,(H,25,29)(H,26,27)/t16?,17-,19?/m1/s1. The van der Waals surface area contributed by atoms with Gasteiger partial charge in [-0.2, -0.15) is 0 Å². The highest BCUT2D eigenvalue weighted by Gasteiger charge is 2.42. The third-order valence-corrected chi connectivity index (χ3v) is 4.59. The monoisotopic (exact) mass is 413 g/mol. The van der Waals surface area contributed by atoms with Gasteiger partial charge in [-0.25, -0.2) is 8.78 Å². The van der Waals surface area contributed by atoms with Crippen LogP contribution in [0.1, 0.15) is 44.7 Å². The quantitative estimate of drug-likeness (QED) is 0.445. The van der Waals surface area contributed by atoms with Gasteiger partial charge in [0.2, 0.25) is 11.8 Å². The Morgan fingerprint density at radius 2 is 1.93 bits per heavy atom. The van der Waals surface area contributed by atoms with E-state index in [1.165, 1.54) is 0 Å². The molecule has 29 heavy (non-hydrogen) atoms. The molecule has 0 aromatic heterocycles. The lowest BCUT2D eigenvalue weighted by molar-refractivity contribution is -0.135. The van der Waals surface area contributed by atoms with Crippen LogP contribution in [0, 0.1) is 12.8 Å². The van der Waals surface area contributed by atoms with E-state index in [4.69, 9.17) is 5.73 Å². The predicted molar refractivity (Wildman–Crippen MR) is 108 cm³/mol. The number of aliphatic hydroxyl groups excluding tert-OH is 1. The van der Waals surface area contributed by atoms with Gasteiger partial charge in [0.25, 0.3) is 5.92 Å². The molecule has 8 heteroatoms. The van der Waals surface area contributed by atoms with Crippen molar-refractivity contribution in [2.24, 2.45) is 11.7 Å². The summed E-state index contributed by atoms with van der Waals surface area (Å²) in [7, 11) is 0. The van der Waals surface area contributed by atoms with Crippen molar-refractivity contribution in [1.29, 1.82) is 0 Å². The van der Waals surface area contributed by atoms with Crippen molar-refractivity contribution in [3.8, 4) is 0 Å². The Morgan fingerprint density at radius 1 is 1.28 bits per heavy atom. The molecule has 1 aromatic carbocycles. The van der Waals surface area contributed by atoms with Crippen LogP contribution in [0.25, 0.3) is 0 Å². The van der Waals surface area contributed by atoms with E-state index in [1.807, 2.05) is 39.0 Å². The molecule has 0 spiro atoms. The van der Waals surface area contributed by atoms with Crippen molar-refractivity contribution in [3.63, 3.8) is 0 Å². The molecule has 0 saturated heterocycles. The number of aryl methyl sites for hydroxylation is 1. The summed E-state index contributed by atoms with van der Waals surface area (Å²) in [5, 5.41) is 14.5. The molecule has 1 rings (SSSR count). The summed E-state index contributed by atoms with van der Waals surface area (Å²) < 4.78 is 28.4. The fourth-order valence-electron chi connectivity index (χ4n) is 3.03. The minimum absolute atomic E-state index is 0.0538.